The minimum Gasteiger partial charge on any atom is -0.494 e. The number of benzene rings is 1. The fourth-order valence-corrected chi connectivity index (χ4v) is 4.58. The molecule has 1 saturated carbocycles. The molecule has 1 heterocycles. The molecule has 0 amide bonds. The molecule has 0 unspecified atom stereocenters. The lowest BCUT2D eigenvalue weighted by atomic mass is 9.60. The zero-order chi connectivity index (χ0) is 19.8. The molecule has 1 aromatic carbocycles. The van der Waals surface area contributed by atoms with Gasteiger partial charge in [-0.2, -0.15) is 0 Å². The number of hydrogen-bond donors (Lipinski definition) is 3. The van der Waals surface area contributed by atoms with Crippen LogP contribution in [0.15, 0.2) is 18.3 Å². The van der Waals surface area contributed by atoms with E-state index >= 15 is 0 Å². The highest BCUT2D eigenvalue weighted by Gasteiger charge is 2.54. The molecule has 10 heteroatoms. The number of halogens is 3. The molecule has 0 atom stereocenters. The standard InChI is InChI=1S/C17H24F3N5OS/c1-26-15-3-13(22)11(2-12(15)18)14(6-21)24-8-17(9-24)4-10(5-17)25(27-23)7-16(19)20/h2-3,6,10,16H,4-5,7-9,21-23H2,1H3/b14-6+. The average molecular weight is 403 g/mol. The van der Waals surface area contributed by atoms with Crippen LogP contribution < -0.4 is 21.3 Å². The predicted octanol–water partition coefficient (Wildman–Crippen LogP) is 2.23. The Morgan fingerprint density at radius 3 is 2.63 bits per heavy atom. The Morgan fingerprint density at radius 2 is 2.11 bits per heavy atom. The number of likely N-dealkylation sites (tertiary alicyclic amines) is 1. The van der Waals surface area contributed by atoms with Crippen LogP contribution in [0.5, 0.6) is 5.75 Å². The van der Waals surface area contributed by atoms with E-state index in [0.29, 0.717) is 16.9 Å². The van der Waals surface area contributed by atoms with Crippen LogP contribution in [0.3, 0.4) is 0 Å². The molecule has 1 aliphatic heterocycles. The van der Waals surface area contributed by atoms with E-state index in [2.05, 4.69) is 0 Å². The van der Waals surface area contributed by atoms with Gasteiger partial charge in [0, 0.05) is 60.2 Å². The summed E-state index contributed by atoms with van der Waals surface area (Å²) in [5.74, 6) is -0.435. The zero-order valence-electron chi connectivity index (χ0n) is 15.0. The Labute approximate surface area is 160 Å². The Balaban J connectivity index is 1.63. The topological polar surface area (TPSA) is 93.8 Å². The van der Waals surface area contributed by atoms with Crippen LogP contribution in [0.1, 0.15) is 18.4 Å². The van der Waals surface area contributed by atoms with Gasteiger partial charge in [0.15, 0.2) is 11.6 Å². The van der Waals surface area contributed by atoms with E-state index in [1.165, 1.54) is 25.4 Å². The minimum absolute atomic E-state index is 0.0463. The van der Waals surface area contributed by atoms with Crippen LogP contribution in [-0.4, -0.2) is 48.4 Å². The summed E-state index contributed by atoms with van der Waals surface area (Å²) in [4.78, 5) is 2.03. The first-order valence-corrected chi connectivity index (χ1v) is 9.38. The monoisotopic (exact) mass is 403 g/mol. The van der Waals surface area contributed by atoms with Crippen LogP contribution in [0.25, 0.3) is 5.70 Å². The van der Waals surface area contributed by atoms with Crippen LogP contribution in [0.2, 0.25) is 0 Å². The van der Waals surface area contributed by atoms with Gasteiger partial charge >= 0.3 is 0 Å². The summed E-state index contributed by atoms with van der Waals surface area (Å²) < 4.78 is 45.8. The summed E-state index contributed by atoms with van der Waals surface area (Å²) in [6, 6.07) is 2.80. The normalized spacial score (nSPS) is 19.5. The molecule has 0 bridgehead atoms. The first-order chi connectivity index (χ1) is 12.8. The number of nitrogens with zero attached hydrogens (tertiary/aromatic N) is 2. The molecule has 1 spiro atoms. The molecule has 1 aromatic rings. The van der Waals surface area contributed by atoms with Gasteiger partial charge < -0.3 is 21.1 Å². The van der Waals surface area contributed by atoms with Crippen molar-refractivity contribution in [2.45, 2.75) is 25.3 Å². The molecule has 1 saturated heterocycles. The van der Waals surface area contributed by atoms with Gasteiger partial charge in [0.05, 0.1) is 19.4 Å². The zero-order valence-corrected chi connectivity index (χ0v) is 15.8. The van der Waals surface area contributed by atoms with Crippen molar-refractivity contribution in [3.63, 3.8) is 0 Å². The van der Waals surface area contributed by atoms with Crippen LogP contribution in [-0.2, 0) is 0 Å². The molecule has 6 nitrogen and oxygen atoms in total. The Hall–Kier alpha value is -1.78. The van der Waals surface area contributed by atoms with E-state index in [4.69, 9.17) is 21.3 Å². The first-order valence-electron chi connectivity index (χ1n) is 8.54. The summed E-state index contributed by atoms with van der Waals surface area (Å²) in [5.41, 5.74) is 13.4. The van der Waals surface area contributed by atoms with Crippen molar-refractivity contribution in [2.75, 3.05) is 32.5 Å². The van der Waals surface area contributed by atoms with E-state index in [0.717, 1.165) is 38.1 Å². The van der Waals surface area contributed by atoms with Gasteiger partial charge in [-0.3, -0.25) is 5.14 Å². The van der Waals surface area contributed by atoms with Crippen LogP contribution in [0.4, 0.5) is 18.9 Å². The third kappa shape index (κ3) is 3.78. The average Bonchev–Trinajstić information content (AvgIpc) is 2.56. The van der Waals surface area contributed by atoms with Crippen molar-refractivity contribution in [1.29, 1.82) is 0 Å². The molecule has 2 fully saturated rings. The van der Waals surface area contributed by atoms with Gasteiger partial charge in [0.2, 0.25) is 0 Å². The molecular weight excluding hydrogens is 379 g/mol. The SMILES string of the molecule is COc1cc(N)c(/C(=C\N)N2CC3(CC(N(CC(F)F)SN)C3)C2)cc1F. The van der Waals surface area contributed by atoms with Crippen molar-refractivity contribution in [2.24, 2.45) is 16.3 Å². The maximum atomic E-state index is 14.1. The first kappa shape index (κ1) is 20.0. The van der Waals surface area contributed by atoms with Crippen molar-refractivity contribution in [3.8, 4) is 5.75 Å². The fourth-order valence-electron chi connectivity index (χ4n) is 4.06. The number of nitrogen functional groups attached to an aromatic ring is 1. The highest BCUT2D eigenvalue weighted by Crippen LogP contribution is 2.53. The number of anilines is 1. The largest absolute Gasteiger partial charge is 0.494 e. The second-order valence-electron chi connectivity index (χ2n) is 7.14. The summed E-state index contributed by atoms with van der Waals surface area (Å²) >= 11 is 0.871. The lowest BCUT2D eigenvalue weighted by molar-refractivity contribution is -0.0705. The van der Waals surface area contributed by atoms with Crippen LogP contribution in [0, 0.1) is 11.2 Å². The second-order valence-corrected chi connectivity index (χ2v) is 7.82. The number of methoxy groups -OCH3 is 1. The van der Waals surface area contributed by atoms with Gasteiger partial charge in [-0.1, -0.05) is 0 Å². The van der Waals surface area contributed by atoms with E-state index in [1.807, 2.05) is 4.90 Å². The number of hydrogen-bond acceptors (Lipinski definition) is 7. The molecule has 2 aliphatic rings. The molecule has 3 rings (SSSR count). The summed E-state index contributed by atoms with van der Waals surface area (Å²) in [7, 11) is 1.38. The van der Waals surface area contributed by atoms with Crippen molar-refractivity contribution in [3.05, 3.63) is 29.7 Å². The minimum atomic E-state index is -2.41. The maximum absolute atomic E-state index is 14.1. The van der Waals surface area contributed by atoms with Crippen LogP contribution >= 0.6 is 12.1 Å². The van der Waals surface area contributed by atoms with Crippen molar-refractivity contribution in [1.82, 2.24) is 9.21 Å². The van der Waals surface area contributed by atoms with Gasteiger partial charge in [-0.25, -0.2) is 17.5 Å². The number of rotatable bonds is 7. The molecule has 0 radical (unpaired) electrons. The van der Waals surface area contributed by atoms with Crippen molar-refractivity contribution < 1.29 is 17.9 Å². The van der Waals surface area contributed by atoms with E-state index in [-0.39, 0.29) is 23.8 Å². The Bertz CT molecular complexity index is 719. The molecule has 27 heavy (non-hydrogen) atoms. The summed E-state index contributed by atoms with van der Waals surface area (Å²) in [5, 5.41) is 5.52. The van der Waals surface area contributed by atoms with E-state index in [1.54, 1.807) is 4.31 Å². The van der Waals surface area contributed by atoms with E-state index in [9.17, 15) is 13.2 Å². The smallest absolute Gasteiger partial charge is 0.252 e. The van der Waals surface area contributed by atoms with E-state index < -0.39 is 12.2 Å². The van der Waals surface area contributed by atoms with Gasteiger partial charge in [0.1, 0.15) is 0 Å². The third-order valence-corrected chi connectivity index (χ3v) is 6.07. The summed E-state index contributed by atoms with van der Waals surface area (Å²) in [6.07, 6.45) is 0.602. The number of nitrogens with two attached hydrogens (primary N) is 3. The Kier molecular flexibility index (Phi) is 5.68. The number of ether oxygens (including phenoxy) is 1. The molecule has 0 aromatic heterocycles. The highest BCUT2D eigenvalue weighted by atomic mass is 32.2. The lowest BCUT2D eigenvalue weighted by Gasteiger charge is -2.61. The van der Waals surface area contributed by atoms with Crippen molar-refractivity contribution >= 4 is 23.5 Å². The quantitative estimate of drug-likeness (QED) is 0.475. The Morgan fingerprint density at radius 1 is 1.44 bits per heavy atom. The fraction of sp³-hybridized carbons (Fsp3) is 0.529. The number of alkyl halides is 2. The van der Waals surface area contributed by atoms with Gasteiger partial charge in [-0.15, -0.1) is 0 Å². The molecule has 1 aliphatic carbocycles. The highest BCUT2D eigenvalue weighted by molar-refractivity contribution is 7.94. The predicted molar refractivity (Wildman–Crippen MR) is 101 cm³/mol. The van der Waals surface area contributed by atoms with Gasteiger partial charge in [-0.05, 0) is 18.9 Å². The third-order valence-electron chi connectivity index (χ3n) is 5.35. The molecule has 6 N–H and O–H groups in total. The molecular formula is C17H24F3N5OS. The lowest BCUT2D eigenvalue weighted by Crippen LogP contribution is -2.65. The maximum Gasteiger partial charge on any atom is 0.252 e. The second kappa shape index (κ2) is 7.69. The molecule has 150 valence electrons. The summed E-state index contributed by atoms with van der Waals surface area (Å²) in [6.45, 7) is 1.11. The van der Waals surface area contributed by atoms with Gasteiger partial charge in [0.25, 0.3) is 6.43 Å².